The van der Waals surface area contributed by atoms with E-state index in [0.717, 1.165) is 28.6 Å². The molecule has 0 aliphatic heterocycles. The lowest BCUT2D eigenvalue weighted by atomic mass is 10.0. The molecule has 0 atom stereocenters. The molecule has 0 aliphatic carbocycles. The number of pyridine rings is 1. The van der Waals surface area contributed by atoms with E-state index in [2.05, 4.69) is 27.1 Å². The summed E-state index contributed by atoms with van der Waals surface area (Å²) in [6.45, 7) is 6.70. The van der Waals surface area contributed by atoms with E-state index in [9.17, 15) is 4.79 Å². The van der Waals surface area contributed by atoms with Crippen molar-refractivity contribution in [1.29, 1.82) is 0 Å². The van der Waals surface area contributed by atoms with Gasteiger partial charge < -0.3 is 16.0 Å². The summed E-state index contributed by atoms with van der Waals surface area (Å²) < 4.78 is 1.73. The quantitative estimate of drug-likeness (QED) is 0.433. The number of allylic oxidation sites excluding steroid dienone is 2. The lowest BCUT2D eigenvalue weighted by Gasteiger charge is -2.11. The summed E-state index contributed by atoms with van der Waals surface area (Å²) in [7, 11) is 3.92. The van der Waals surface area contributed by atoms with E-state index in [4.69, 9.17) is 5.73 Å². The molecule has 31 heavy (non-hydrogen) atoms. The maximum Gasteiger partial charge on any atom is 0.270 e. The Bertz CT molecular complexity index is 1160. The number of rotatable bonds is 8. The number of hydrogen-bond acceptors (Lipinski definition) is 6. The van der Waals surface area contributed by atoms with Crippen LogP contribution in [-0.4, -0.2) is 59.5 Å². The Morgan fingerprint density at radius 3 is 2.87 bits per heavy atom. The summed E-state index contributed by atoms with van der Waals surface area (Å²) in [6, 6.07) is 11.4. The Hall–Kier alpha value is -3.78. The van der Waals surface area contributed by atoms with Crippen molar-refractivity contribution in [2.45, 2.75) is 6.92 Å². The summed E-state index contributed by atoms with van der Waals surface area (Å²) in [4.78, 5) is 22.7. The first kappa shape index (κ1) is 21.9. The zero-order valence-corrected chi connectivity index (χ0v) is 18.0. The Morgan fingerprint density at radius 1 is 1.32 bits per heavy atom. The SMILES string of the molecule is C=N/C=C(N)\C=C(/C)c1ccc2cnn(-c3cccc(C(=O)NCCN(C)C)n3)c2c1. The first-order valence-corrected chi connectivity index (χ1v) is 9.87. The second kappa shape index (κ2) is 9.82. The van der Waals surface area contributed by atoms with Gasteiger partial charge in [0.25, 0.3) is 5.91 Å². The minimum atomic E-state index is -0.210. The molecule has 2 aromatic heterocycles. The van der Waals surface area contributed by atoms with Crippen molar-refractivity contribution >= 4 is 29.1 Å². The van der Waals surface area contributed by atoms with E-state index in [-0.39, 0.29) is 5.91 Å². The summed E-state index contributed by atoms with van der Waals surface area (Å²) >= 11 is 0. The standard InChI is InChI=1S/C23H27N7O/c1-16(12-19(24)15-25-2)17-8-9-18-14-27-30(21(18)13-17)22-7-5-6-20(28-22)23(31)26-10-11-29(3)4/h5-9,12-15H,2,10-11,24H2,1,3-4H3,(H,26,31)/b16-12+,19-15+. The molecule has 0 bridgehead atoms. The van der Waals surface area contributed by atoms with E-state index >= 15 is 0 Å². The van der Waals surface area contributed by atoms with E-state index in [0.29, 0.717) is 23.8 Å². The number of nitrogens with two attached hydrogens (primary N) is 1. The van der Waals surface area contributed by atoms with Crippen LogP contribution in [0.4, 0.5) is 0 Å². The van der Waals surface area contributed by atoms with Gasteiger partial charge in [-0.2, -0.15) is 5.10 Å². The van der Waals surface area contributed by atoms with Gasteiger partial charge >= 0.3 is 0 Å². The third-order valence-electron chi connectivity index (χ3n) is 4.68. The maximum absolute atomic E-state index is 12.5. The van der Waals surface area contributed by atoms with Crippen LogP contribution >= 0.6 is 0 Å². The van der Waals surface area contributed by atoms with Gasteiger partial charge in [0.05, 0.1) is 17.4 Å². The number of carbonyl (C=O) groups excluding carboxylic acids is 1. The average Bonchev–Trinajstić information content (AvgIpc) is 3.17. The van der Waals surface area contributed by atoms with Crippen LogP contribution in [0.15, 0.2) is 65.6 Å². The topological polar surface area (TPSA) is 101 Å². The first-order chi connectivity index (χ1) is 14.9. The summed E-state index contributed by atoms with van der Waals surface area (Å²) in [5.41, 5.74) is 9.64. The molecule has 0 saturated heterocycles. The van der Waals surface area contributed by atoms with E-state index < -0.39 is 0 Å². The van der Waals surface area contributed by atoms with Crippen LogP contribution in [-0.2, 0) is 0 Å². The largest absolute Gasteiger partial charge is 0.397 e. The van der Waals surface area contributed by atoms with Crippen molar-refractivity contribution in [2.24, 2.45) is 10.7 Å². The number of aliphatic imine (C=N–C) groups is 1. The molecular formula is C23H27N7O. The van der Waals surface area contributed by atoms with Crippen molar-refractivity contribution < 1.29 is 4.79 Å². The second-order valence-electron chi connectivity index (χ2n) is 7.41. The lowest BCUT2D eigenvalue weighted by Crippen LogP contribution is -2.31. The molecule has 8 nitrogen and oxygen atoms in total. The molecule has 0 saturated carbocycles. The number of fused-ring (bicyclic) bond motifs is 1. The normalized spacial score (nSPS) is 12.4. The highest BCUT2D eigenvalue weighted by atomic mass is 16.1. The van der Waals surface area contributed by atoms with Crippen LogP contribution in [0.5, 0.6) is 0 Å². The van der Waals surface area contributed by atoms with E-state index in [1.807, 2.05) is 56.3 Å². The number of nitrogens with one attached hydrogen (secondary N) is 1. The molecule has 0 spiro atoms. The average molecular weight is 418 g/mol. The van der Waals surface area contributed by atoms with Crippen molar-refractivity contribution in [3.8, 4) is 5.82 Å². The van der Waals surface area contributed by atoms with Gasteiger partial charge in [0.1, 0.15) is 5.69 Å². The molecule has 0 fully saturated rings. The van der Waals surface area contributed by atoms with Crippen LogP contribution < -0.4 is 11.1 Å². The predicted molar refractivity (Wildman–Crippen MR) is 125 cm³/mol. The fourth-order valence-electron chi connectivity index (χ4n) is 3.07. The fourth-order valence-corrected chi connectivity index (χ4v) is 3.07. The van der Waals surface area contributed by atoms with Gasteiger partial charge in [-0.3, -0.25) is 9.79 Å². The van der Waals surface area contributed by atoms with Gasteiger partial charge in [-0.05, 0) is 63.1 Å². The van der Waals surface area contributed by atoms with Gasteiger partial charge in [0.15, 0.2) is 5.82 Å². The van der Waals surface area contributed by atoms with Crippen LogP contribution in [0, 0.1) is 0 Å². The third-order valence-corrected chi connectivity index (χ3v) is 4.68. The van der Waals surface area contributed by atoms with Gasteiger partial charge in [0.2, 0.25) is 0 Å². The molecule has 3 rings (SSSR count). The van der Waals surface area contributed by atoms with Crippen molar-refractivity contribution in [2.75, 3.05) is 27.2 Å². The zero-order chi connectivity index (χ0) is 22.4. The monoisotopic (exact) mass is 417 g/mol. The van der Waals surface area contributed by atoms with Crippen molar-refractivity contribution in [1.82, 2.24) is 25.0 Å². The Balaban J connectivity index is 1.92. The number of benzene rings is 1. The van der Waals surface area contributed by atoms with Gasteiger partial charge in [0, 0.05) is 24.7 Å². The third kappa shape index (κ3) is 5.43. The van der Waals surface area contributed by atoms with Crippen LogP contribution in [0.3, 0.4) is 0 Å². The summed E-state index contributed by atoms with van der Waals surface area (Å²) in [6.07, 6.45) is 5.12. The molecule has 160 valence electrons. The smallest absolute Gasteiger partial charge is 0.270 e. The molecule has 0 unspecified atom stereocenters. The Morgan fingerprint density at radius 2 is 2.13 bits per heavy atom. The minimum Gasteiger partial charge on any atom is -0.397 e. The highest BCUT2D eigenvalue weighted by Crippen LogP contribution is 2.23. The van der Waals surface area contributed by atoms with Crippen LogP contribution in [0.25, 0.3) is 22.3 Å². The van der Waals surface area contributed by atoms with E-state index in [1.165, 1.54) is 6.20 Å². The molecule has 1 aromatic carbocycles. The number of aromatic nitrogens is 3. The fraction of sp³-hybridized carbons (Fsp3) is 0.217. The Labute approximate surface area is 181 Å². The number of carbonyl (C=O) groups is 1. The number of amides is 1. The van der Waals surface area contributed by atoms with Crippen molar-refractivity contribution in [3.05, 3.63) is 71.8 Å². The Kier molecular flexibility index (Phi) is 6.94. The minimum absolute atomic E-state index is 0.210. The molecule has 2 heterocycles. The van der Waals surface area contributed by atoms with Crippen LogP contribution in [0.2, 0.25) is 0 Å². The highest BCUT2D eigenvalue weighted by molar-refractivity contribution is 5.92. The number of hydrogen-bond donors (Lipinski definition) is 2. The van der Waals surface area contributed by atoms with Crippen molar-refractivity contribution in [3.63, 3.8) is 0 Å². The molecule has 1 amide bonds. The van der Waals surface area contributed by atoms with E-state index in [1.54, 1.807) is 23.0 Å². The van der Waals surface area contributed by atoms with Gasteiger partial charge in [-0.1, -0.05) is 18.2 Å². The van der Waals surface area contributed by atoms with Gasteiger partial charge in [-0.15, -0.1) is 0 Å². The predicted octanol–water partition coefficient (Wildman–Crippen LogP) is 2.62. The molecule has 3 aromatic rings. The molecule has 0 radical (unpaired) electrons. The summed E-state index contributed by atoms with van der Waals surface area (Å²) in [5.74, 6) is 0.363. The molecule has 3 N–H and O–H groups in total. The van der Waals surface area contributed by atoms with Crippen LogP contribution in [0.1, 0.15) is 23.0 Å². The lowest BCUT2D eigenvalue weighted by molar-refractivity contribution is 0.0946. The second-order valence-corrected chi connectivity index (χ2v) is 7.41. The first-order valence-electron chi connectivity index (χ1n) is 9.87. The molecule has 0 aliphatic rings. The maximum atomic E-state index is 12.5. The molecule has 8 heteroatoms. The number of nitrogens with zero attached hydrogens (tertiary/aromatic N) is 5. The molecular weight excluding hydrogens is 390 g/mol. The van der Waals surface area contributed by atoms with Gasteiger partial charge in [-0.25, -0.2) is 9.67 Å². The zero-order valence-electron chi connectivity index (χ0n) is 18.0. The summed E-state index contributed by atoms with van der Waals surface area (Å²) in [5, 5.41) is 8.33. The highest BCUT2D eigenvalue weighted by Gasteiger charge is 2.12. The number of likely N-dealkylation sites (N-methyl/N-ethyl adjacent to an activating group) is 1.